The lowest BCUT2D eigenvalue weighted by atomic mass is 9.98. The van der Waals surface area contributed by atoms with E-state index >= 15 is 0 Å². The fourth-order valence-corrected chi connectivity index (χ4v) is 3.94. The first-order valence-corrected chi connectivity index (χ1v) is 13.2. The molecule has 41 heavy (non-hydrogen) atoms. The lowest BCUT2D eigenvalue weighted by Crippen LogP contribution is -2.32. The van der Waals surface area contributed by atoms with Crippen LogP contribution in [0.4, 0.5) is 18.0 Å². The van der Waals surface area contributed by atoms with Crippen LogP contribution in [0.1, 0.15) is 63.8 Å². The van der Waals surface area contributed by atoms with Gasteiger partial charge in [0, 0.05) is 12.1 Å². The van der Waals surface area contributed by atoms with Gasteiger partial charge >= 0.3 is 18.2 Å². The van der Waals surface area contributed by atoms with Crippen molar-refractivity contribution in [1.29, 1.82) is 0 Å². The molecule has 0 atom stereocenters. The van der Waals surface area contributed by atoms with E-state index in [9.17, 15) is 22.8 Å². The molecule has 0 bridgehead atoms. The number of benzene rings is 3. The van der Waals surface area contributed by atoms with Gasteiger partial charge in [-0.15, -0.1) is 0 Å². The van der Waals surface area contributed by atoms with E-state index in [1.54, 1.807) is 96.1 Å². The number of halogens is 3. The fourth-order valence-electron chi connectivity index (χ4n) is 3.94. The maximum Gasteiger partial charge on any atom is 0.416 e. The summed E-state index contributed by atoms with van der Waals surface area (Å²) in [6.45, 7) is 10.6. The van der Waals surface area contributed by atoms with Crippen LogP contribution >= 0.6 is 0 Å². The minimum Gasteiger partial charge on any atom is -0.489 e. The summed E-state index contributed by atoms with van der Waals surface area (Å²) in [6.07, 6.45) is -5.20. The number of hydrogen-bond donors (Lipinski definition) is 1. The first-order valence-electron chi connectivity index (χ1n) is 13.2. The second kappa shape index (κ2) is 12.7. The first kappa shape index (κ1) is 31.5. The summed E-state index contributed by atoms with van der Waals surface area (Å²) >= 11 is 0. The molecule has 0 fully saturated rings. The standard InChI is InChI=1S/C32H36F3NO5/c1-30(2,3)40-28(37)18-24-11-7-8-13-27(24)39-20-22-15-25(17-26(16-22)32(33,34)35)23-12-9-10-21(14-23)19-36-29(38)41-31(4,5)6/h7-17H,18-20H2,1-6H3,(H,36,38). The van der Waals surface area contributed by atoms with E-state index in [0.717, 1.165) is 12.1 Å². The van der Waals surface area contributed by atoms with Crippen molar-refractivity contribution in [3.05, 3.63) is 89.0 Å². The van der Waals surface area contributed by atoms with Crippen molar-refractivity contribution >= 4 is 12.1 Å². The molecule has 0 aromatic heterocycles. The molecule has 3 aromatic carbocycles. The predicted octanol–water partition coefficient (Wildman–Crippen LogP) is 7.86. The molecule has 220 valence electrons. The Morgan fingerprint density at radius 2 is 1.41 bits per heavy atom. The highest BCUT2D eigenvalue weighted by Gasteiger charge is 2.31. The van der Waals surface area contributed by atoms with Crippen LogP contribution in [0.25, 0.3) is 11.1 Å². The van der Waals surface area contributed by atoms with Crippen molar-refractivity contribution in [2.45, 2.75) is 78.5 Å². The molecule has 0 spiro atoms. The van der Waals surface area contributed by atoms with Gasteiger partial charge in [0.05, 0.1) is 12.0 Å². The molecular formula is C32H36F3NO5. The molecule has 0 saturated heterocycles. The maximum atomic E-state index is 13.8. The minimum atomic E-state index is -4.57. The van der Waals surface area contributed by atoms with E-state index in [4.69, 9.17) is 14.2 Å². The third-order valence-electron chi connectivity index (χ3n) is 5.54. The second-order valence-electron chi connectivity index (χ2n) is 11.6. The van der Waals surface area contributed by atoms with E-state index < -0.39 is 35.0 Å². The van der Waals surface area contributed by atoms with Crippen LogP contribution in [0.15, 0.2) is 66.7 Å². The summed E-state index contributed by atoms with van der Waals surface area (Å²) in [5.74, 6) is -0.0523. The Bertz CT molecular complexity index is 1370. The van der Waals surface area contributed by atoms with Crippen LogP contribution in [-0.4, -0.2) is 23.3 Å². The summed E-state index contributed by atoms with van der Waals surface area (Å²) in [4.78, 5) is 24.4. The predicted molar refractivity (Wildman–Crippen MR) is 150 cm³/mol. The Morgan fingerprint density at radius 3 is 2.07 bits per heavy atom. The number of carbonyl (C=O) groups is 2. The van der Waals surface area contributed by atoms with Gasteiger partial charge in [-0.05, 0) is 94.1 Å². The third-order valence-corrected chi connectivity index (χ3v) is 5.54. The largest absolute Gasteiger partial charge is 0.489 e. The average molecular weight is 572 g/mol. The number of hydrogen-bond acceptors (Lipinski definition) is 5. The Hall–Kier alpha value is -4.01. The zero-order valence-electron chi connectivity index (χ0n) is 24.1. The van der Waals surface area contributed by atoms with Gasteiger partial charge in [0.2, 0.25) is 0 Å². The Kier molecular flexibility index (Phi) is 9.73. The van der Waals surface area contributed by atoms with Crippen molar-refractivity contribution in [1.82, 2.24) is 5.32 Å². The number of ether oxygens (including phenoxy) is 3. The van der Waals surface area contributed by atoms with Crippen LogP contribution in [0, 0.1) is 0 Å². The van der Waals surface area contributed by atoms with E-state index in [1.807, 2.05) is 0 Å². The van der Waals surface area contributed by atoms with Crippen molar-refractivity contribution in [2.75, 3.05) is 0 Å². The normalized spacial score (nSPS) is 12.0. The van der Waals surface area contributed by atoms with Crippen molar-refractivity contribution in [2.24, 2.45) is 0 Å². The molecule has 3 rings (SSSR count). The van der Waals surface area contributed by atoms with Gasteiger partial charge in [-0.3, -0.25) is 4.79 Å². The molecule has 1 N–H and O–H groups in total. The lowest BCUT2D eigenvalue weighted by Gasteiger charge is -2.20. The molecule has 0 aliphatic rings. The molecular weight excluding hydrogens is 535 g/mol. The molecule has 0 aliphatic heterocycles. The van der Waals surface area contributed by atoms with E-state index in [2.05, 4.69) is 5.32 Å². The zero-order chi connectivity index (χ0) is 30.4. The molecule has 0 unspecified atom stereocenters. The Balaban J connectivity index is 1.82. The number of alkyl halides is 3. The number of amides is 1. The Labute approximate surface area is 238 Å². The third kappa shape index (κ3) is 10.5. The molecule has 6 nitrogen and oxygen atoms in total. The smallest absolute Gasteiger partial charge is 0.416 e. The molecule has 3 aromatic rings. The molecule has 0 aliphatic carbocycles. The van der Waals surface area contributed by atoms with Crippen molar-refractivity contribution in [3.8, 4) is 16.9 Å². The maximum absolute atomic E-state index is 13.8. The van der Waals surface area contributed by atoms with Crippen LogP contribution < -0.4 is 10.1 Å². The molecule has 1 amide bonds. The number of esters is 1. The second-order valence-corrected chi connectivity index (χ2v) is 11.6. The average Bonchev–Trinajstić information content (AvgIpc) is 2.84. The fraction of sp³-hybridized carbons (Fsp3) is 0.375. The summed E-state index contributed by atoms with van der Waals surface area (Å²) < 4.78 is 58.1. The quantitative estimate of drug-likeness (QED) is 0.279. The van der Waals surface area contributed by atoms with E-state index in [-0.39, 0.29) is 19.6 Å². The first-order chi connectivity index (χ1) is 19.0. The summed E-state index contributed by atoms with van der Waals surface area (Å²) in [6, 6.07) is 17.5. The number of rotatable bonds is 8. The topological polar surface area (TPSA) is 73.9 Å². The lowest BCUT2D eigenvalue weighted by molar-refractivity contribution is -0.154. The van der Waals surface area contributed by atoms with Gasteiger partial charge in [0.25, 0.3) is 0 Å². The van der Waals surface area contributed by atoms with Crippen LogP contribution in [0.5, 0.6) is 5.75 Å². The summed E-state index contributed by atoms with van der Waals surface area (Å²) in [7, 11) is 0. The highest BCUT2D eigenvalue weighted by molar-refractivity contribution is 5.74. The summed E-state index contributed by atoms with van der Waals surface area (Å²) in [5.41, 5.74) is 0.347. The molecule has 0 radical (unpaired) electrons. The number of nitrogens with one attached hydrogen (secondary N) is 1. The SMILES string of the molecule is CC(C)(C)OC(=O)Cc1ccccc1OCc1cc(-c2cccc(CNC(=O)OC(C)(C)C)c2)cc(C(F)(F)F)c1. The number of alkyl carbamates (subject to hydrolysis) is 1. The van der Waals surface area contributed by atoms with Gasteiger partial charge in [-0.1, -0.05) is 36.4 Å². The van der Waals surface area contributed by atoms with Crippen molar-refractivity contribution in [3.63, 3.8) is 0 Å². The van der Waals surface area contributed by atoms with Gasteiger partial charge in [0.1, 0.15) is 23.6 Å². The van der Waals surface area contributed by atoms with E-state index in [0.29, 0.717) is 33.6 Å². The number of para-hydroxylation sites is 1. The molecule has 9 heteroatoms. The van der Waals surface area contributed by atoms with Crippen molar-refractivity contribution < 1.29 is 37.0 Å². The van der Waals surface area contributed by atoms with Crippen LogP contribution in [-0.2, 0) is 40.0 Å². The van der Waals surface area contributed by atoms with Gasteiger partial charge in [0.15, 0.2) is 0 Å². The minimum absolute atomic E-state index is 0.0363. The van der Waals surface area contributed by atoms with Gasteiger partial charge < -0.3 is 19.5 Å². The van der Waals surface area contributed by atoms with E-state index in [1.165, 1.54) is 0 Å². The molecule has 0 saturated carbocycles. The monoisotopic (exact) mass is 571 g/mol. The Morgan fingerprint density at radius 1 is 0.756 bits per heavy atom. The van der Waals surface area contributed by atoms with Gasteiger partial charge in [-0.2, -0.15) is 13.2 Å². The van der Waals surface area contributed by atoms with Crippen LogP contribution in [0.3, 0.4) is 0 Å². The van der Waals surface area contributed by atoms with Gasteiger partial charge in [-0.25, -0.2) is 4.79 Å². The number of carbonyl (C=O) groups excluding carboxylic acids is 2. The zero-order valence-corrected chi connectivity index (χ0v) is 24.1. The highest BCUT2D eigenvalue weighted by Crippen LogP contribution is 2.34. The highest BCUT2D eigenvalue weighted by atomic mass is 19.4. The van der Waals surface area contributed by atoms with Crippen LogP contribution in [0.2, 0.25) is 0 Å². The summed E-state index contributed by atoms with van der Waals surface area (Å²) in [5, 5.41) is 2.66. The molecule has 0 heterocycles.